The first-order chi connectivity index (χ1) is 8.08. The Morgan fingerprint density at radius 1 is 1.53 bits per heavy atom. The maximum absolute atomic E-state index is 6.17. The number of aryl methyl sites for hydroxylation is 2. The molecule has 92 valence electrons. The summed E-state index contributed by atoms with van der Waals surface area (Å²) in [5.41, 5.74) is 1.91. The molecule has 1 N–H and O–H groups in total. The van der Waals surface area contributed by atoms with Crippen molar-refractivity contribution in [2.24, 2.45) is 7.05 Å². The van der Waals surface area contributed by atoms with Gasteiger partial charge in [-0.15, -0.1) is 11.3 Å². The molecular formula is C11H13BrClN3S. The zero-order valence-electron chi connectivity index (χ0n) is 9.63. The normalized spacial score (nSPS) is 11.1. The lowest BCUT2D eigenvalue weighted by Gasteiger charge is -2.04. The van der Waals surface area contributed by atoms with Gasteiger partial charge in [-0.05, 0) is 28.9 Å². The van der Waals surface area contributed by atoms with Crippen molar-refractivity contribution in [1.29, 1.82) is 0 Å². The number of hydrogen-bond donors (Lipinski definition) is 1. The van der Waals surface area contributed by atoms with Crippen molar-refractivity contribution in [2.75, 3.05) is 0 Å². The molecule has 0 atom stereocenters. The molecule has 0 aliphatic carbocycles. The van der Waals surface area contributed by atoms with E-state index in [0.29, 0.717) is 0 Å². The van der Waals surface area contributed by atoms with E-state index in [-0.39, 0.29) is 0 Å². The fourth-order valence-electron chi connectivity index (χ4n) is 1.62. The van der Waals surface area contributed by atoms with Gasteiger partial charge in [0.1, 0.15) is 0 Å². The smallest absolute Gasteiger partial charge is 0.0860 e. The van der Waals surface area contributed by atoms with Crippen LogP contribution in [0.15, 0.2) is 15.9 Å². The summed E-state index contributed by atoms with van der Waals surface area (Å²) in [7, 11) is 1.91. The topological polar surface area (TPSA) is 29.9 Å². The van der Waals surface area contributed by atoms with E-state index in [1.54, 1.807) is 11.3 Å². The molecule has 2 rings (SSSR count). The van der Waals surface area contributed by atoms with Crippen LogP contribution in [0.4, 0.5) is 0 Å². The summed E-state index contributed by atoms with van der Waals surface area (Å²) in [6, 6.07) is 2.12. The minimum atomic E-state index is 0.728. The Balaban J connectivity index is 1.94. The maximum Gasteiger partial charge on any atom is 0.0860 e. The van der Waals surface area contributed by atoms with Gasteiger partial charge in [-0.2, -0.15) is 5.10 Å². The largest absolute Gasteiger partial charge is 0.306 e. The SMILES string of the molecule is Cc1nn(C)c(CNCc2cc(Br)cs2)c1Cl. The minimum absolute atomic E-state index is 0.728. The molecule has 0 aliphatic heterocycles. The second-order valence-electron chi connectivity index (χ2n) is 3.80. The third-order valence-corrected chi connectivity index (χ3v) is 4.66. The third-order valence-electron chi connectivity index (χ3n) is 2.48. The monoisotopic (exact) mass is 333 g/mol. The summed E-state index contributed by atoms with van der Waals surface area (Å²) < 4.78 is 2.96. The third kappa shape index (κ3) is 3.10. The van der Waals surface area contributed by atoms with Gasteiger partial charge in [0.15, 0.2) is 0 Å². The standard InChI is InChI=1S/C11H13BrClN3S/c1-7-11(13)10(16(2)15-7)5-14-4-9-3-8(12)6-17-9/h3,6,14H,4-5H2,1-2H3. The van der Waals surface area contributed by atoms with Gasteiger partial charge < -0.3 is 5.32 Å². The summed E-state index contributed by atoms with van der Waals surface area (Å²) in [6.45, 7) is 3.49. The summed E-state index contributed by atoms with van der Waals surface area (Å²) in [5, 5.41) is 10.5. The van der Waals surface area contributed by atoms with Gasteiger partial charge in [0.2, 0.25) is 0 Å². The lowest BCUT2D eigenvalue weighted by atomic mass is 10.3. The van der Waals surface area contributed by atoms with Crippen LogP contribution >= 0.6 is 38.9 Å². The van der Waals surface area contributed by atoms with Crippen molar-refractivity contribution in [1.82, 2.24) is 15.1 Å². The number of rotatable bonds is 4. The summed E-state index contributed by atoms with van der Waals surface area (Å²) in [5.74, 6) is 0. The molecule has 17 heavy (non-hydrogen) atoms. The fraction of sp³-hybridized carbons (Fsp3) is 0.364. The fourth-order valence-corrected chi connectivity index (χ4v) is 3.27. The van der Waals surface area contributed by atoms with Gasteiger partial charge in [-0.25, -0.2) is 0 Å². The van der Waals surface area contributed by atoms with Crippen molar-refractivity contribution >= 4 is 38.9 Å². The van der Waals surface area contributed by atoms with Crippen LogP contribution in [0.3, 0.4) is 0 Å². The predicted octanol–water partition coefficient (Wildman–Crippen LogP) is 3.50. The quantitative estimate of drug-likeness (QED) is 0.927. The van der Waals surface area contributed by atoms with E-state index >= 15 is 0 Å². The second-order valence-corrected chi connectivity index (χ2v) is 6.09. The van der Waals surface area contributed by atoms with Crippen LogP contribution in [0.1, 0.15) is 16.3 Å². The van der Waals surface area contributed by atoms with E-state index in [2.05, 4.69) is 37.8 Å². The Hall–Kier alpha value is -0.360. The van der Waals surface area contributed by atoms with Crippen LogP contribution in [-0.4, -0.2) is 9.78 Å². The molecule has 3 nitrogen and oxygen atoms in total. The highest BCUT2D eigenvalue weighted by Gasteiger charge is 2.10. The summed E-state index contributed by atoms with van der Waals surface area (Å²) >= 11 is 11.3. The van der Waals surface area contributed by atoms with Gasteiger partial charge in [0, 0.05) is 34.9 Å². The molecule has 6 heteroatoms. The molecule has 0 fully saturated rings. The Morgan fingerprint density at radius 2 is 2.29 bits per heavy atom. The molecule has 2 aromatic rings. The molecule has 0 spiro atoms. The first kappa shape index (κ1) is 13.1. The molecule has 0 aromatic carbocycles. The second kappa shape index (κ2) is 5.52. The molecule has 0 amide bonds. The van der Waals surface area contributed by atoms with Crippen LogP contribution in [0.5, 0.6) is 0 Å². The maximum atomic E-state index is 6.17. The molecule has 0 aliphatic rings. The van der Waals surface area contributed by atoms with Gasteiger partial charge in [-0.1, -0.05) is 11.6 Å². The molecule has 0 radical (unpaired) electrons. The lowest BCUT2D eigenvalue weighted by molar-refractivity contribution is 0.628. The van der Waals surface area contributed by atoms with E-state index in [0.717, 1.165) is 34.0 Å². The molecule has 0 bridgehead atoms. The Morgan fingerprint density at radius 3 is 2.82 bits per heavy atom. The first-order valence-electron chi connectivity index (χ1n) is 5.19. The average molecular weight is 335 g/mol. The predicted molar refractivity (Wildman–Crippen MR) is 75.5 cm³/mol. The lowest BCUT2D eigenvalue weighted by Crippen LogP contribution is -2.14. The number of hydrogen-bond acceptors (Lipinski definition) is 3. The average Bonchev–Trinajstić information content (AvgIpc) is 2.78. The van der Waals surface area contributed by atoms with Gasteiger partial charge >= 0.3 is 0 Å². The summed E-state index contributed by atoms with van der Waals surface area (Å²) in [4.78, 5) is 1.30. The summed E-state index contributed by atoms with van der Waals surface area (Å²) in [6.07, 6.45) is 0. The van der Waals surface area contributed by atoms with Crippen LogP contribution < -0.4 is 5.32 Å². The van der Waals surface area contributed by atoms with Crippen molar-refractivity contribution < 1.29 is 0 Å². The van der Waals surface area contributed by atoms with Crippen molar-refractivity contribution in [3.63, 3.8) is 0 Å². The Bertz CT molecular complexity index is 521. The van der Waals surface area contributed by atoms with E-state index in [1.807, 2.05) is 18.7 Å². The van der Waals surface area contributed by atoms with Crippen LogP contribution in [0.25, 0.3) is 0 Å². The minimum Gasteiger partial charge on any atom is -0.306 e. The van der Waals surface area contributed by atoms with Crippen molar-refractivity contribution in [3.05, 3.63) is 37.2 Å². The molecule has 0 saturated heterocycles. The van der Waals surface area contributed by atoms with E-state index in [9.17, 15) is 0 Å². The number of aromatic nitrogens is 2. The van der Waals surface area contributed by atoms with E-state index in [1.165, 1.54) is 4.88 Å². The van der Waals surface area contributed by atoms with Crippen LogP contribution in [0, 0.1) is 6.92 Å². The highest BCUT2D eigenvalue weighted by Crippen LogP contribution is 2.21. The number of thiophene rings is 1. The molecular weight excluding hydrogens is 322 g/mol. The Labute approximate surface area is 118 Å². The van der Waals surface area contributed by atoms with Gasteiger partial charge in [0.05, 0.1) is 16.4 Å². The molecule has 2 aromatic heterocycles. The highest BCUT2D eigenvalue weighted by atomic mass is 79.9. The van der Waals surface area contributed by atoms with Gasteiger partial charge in [-0.3, -0.25) is 4.68 Å². The first-order valence-corrected chi connectivity index (χ1v) is 7.24. The zero-order valence-corrected chi connectivity index (χ0v) is 12.8. The zero-order chi connectivity index (χ0) is 12.4. The molecule has 0 unspecified atom stereocenters. The van der Waals surface area contributed by atoms with E-state index < -0.39 is 0 Å². The molecule has 2 heterocycles. The Kier molecular flexibility index (Phi) is 4.25. The number of halogens is 2. The van der Waals surface area contributed by atoms with Gasteiger partial charge in [0.25, 0.3) is 0 Å². The van der Waals surface area contributed by atoms with Crippen molar-refractivity contribution in [3.8, 4) is 0 Å². The van der Waals surface area contributed by atoms with Crippen LogP contribution in [0.2, 0.25) is 5.02 Å². The number of nitrogens with zero attached hydrogens (tertiary/aromatic N) is 2. The van der Waals surface area contributed by atoms with Crippen LogP contribution in [-0.2, 0) is 20.1 Å². The van der Waals surface area contributed by atoms with E-state index in [4.69, 9.17) is 11.6 Å². The molecule has 0 saturated carbocycles. The highest BCUT2D eigenvalue weighted by molar-refractivity contribution is 9.10. The van der Waals surface area contributed by atoms with Crippen molar-refractivity contribution in [2.45, 2.75) is 20.0 Å². The number of nitrogens with one attached hydrogen (secondary N) is 1.